The van der Waals surface area contributed by atoms with E-state index < -0.39 is 0 Å². The first-order valence-corrected chi connectivity index (χ1v) is 7.98. The number of benzene rings is 2. The van der Waals surface area contributed by atoms with Crippen LogP contribution in [0.2, 0.25) is 0 Å². The summed E-state index contributed by atoms with van der Waals surface area (Å²) in [6.07, 6.45) is 1.37. The third-order valence-electron chi connectivity index (χ3n) is 3.56. The molecule has 1 aromatic heterocycles. The van der Waals surface area contributed by atoms with Crippen molar-refractivity contribution in [2.75, 3.05) is 11.1 Å². The highest BCUT2D eigenvalue weighted by molar-refractivity contribution is 6.03. The van der Waals surface area contributed by atoms with Gasteiger partial charge < -0.3 is 15.8 Å². The summed E-state index contributed by atoms with van der Waals surface area (Å²) in [5, 5.41) is 13.6. The number of nitrogens with zero attached hydrogens (tertiary/aromatic N) is 2. The number of nitrogens with two attached hydrogens (primary N) is 1. The van der Waals surface area contributed by atoms with Gasteiger partial charge in [-0.05, 0) is 32.2 Å². The van der Waals surface area contributed by atoms with E-state index in [-0.39, 0.29) is 17.3 Å². The summed E-state index contributed by atoms with van der Waals surface area (Å²) in [5.41, 5.74) is 6.11. The molecule has 1 heterocycles. The minimum absolute atomic E-state index is 0.0961. The Kier molecular flexibility index (Phi) is 4.27. The molecule has 0 aliphatic heterocycles. The zero-order valence-electron chi connectivity index (χ0n) is 14.5. The molecular weight excluding hydrogens is 314 g/mol. The topological polar surface area (TPSA) is 96.9 Å². The fourth-order valence-electron chi connectivity index (χ4n) is 2.52. The molecule has 3 aromatic rings. The highest BCUT2D eigenvalue weighted by Crippen LogP contribution is 2.28. The molecule has 0 aliphatic rings. The molecule has 0 radical (unpaired) electrons. The fourth-order valence-corrected chi connectivity index (χ4v) is 2.52. The lowest BCUT2D eigenvalue weighted by Gasteiger charge is -2.23. The van der Waals surface area contributed by atoms with E-state index in [4.69, 9.17) is 15.9 Å². The molecule has 4 N–H and O–H groups in total. The summed E-state index contributed by atoms with van der Waals surface area (Å²) in [5.74, 6) is 1.17. The number of nitrogen functional groups attached to an aromatic ring is 1. The SMILES string of the molecule is CC(C)(C)Nc1ncnc(N)c1C(=N)Oc1cccc2ccccc12. The van der Waals surface area contributed by atoms with E-state index in [9.17, 15) is 0 Å². The van der Waals surface area contributed by atoms with Gasteiger partial charge in [0.15, 0.2) is 0 Å². The molecule has 128 valence electrons. The minimum atomic E-state index is -0.241. The lowest BCUT2D eigenvalue weighted by molar-refractivity contribution is 0.553. The average Bonchev–Trinajstić information content (AvgIpc) is 2.53. The Hall–Kier alpha value is -3.15. The van der Waals surface area contributed by atoms with Crippen molar-refractivity contribution in [1.29, 1.82) is 5.41 Å². The Morgan fingerprint density at radius 2 is 1.80 bits per heavy atom. The van der Waals surface area contributed by atoms with Gasteiger partial charge in [0.05, 0.1) is 0 Å². The molecule has 6 heteroatoms. The van der Waals surface area contributed by atoms with Crippen molar-refractivity contribution in [3.05, 3.63) is 54.4 Å². The summed E-state index contributed by atoms with van der Waals surface area (Å²) >= 11 is 0. The van der Waals surface area contributed by atoms with Crippen LogP contribution in [0, 0.1) is 5.41 Å². The minimum Gasteiger partial charge on any atom is -0.438 e. The number of fused-ring (bicyclic) bond motifs is 1. The van der Waals surface area contributed by atoms with Crippen LogP contribution in [-0.4, -0.2) is 21.4 Å². The molecule has 6 nitrogen and oxygen atoms in total. The zero-order valence-corrected chi connectivity index (χ0v) is 14.5. The van der Waals surface area contributed by atoms with Gasteiger partial charge in [-0.2, -0.15) is 0 Å². The van der Waals surface area contributed by atoms with Crippen LogP contribution < -0.4 is 15.8 Å². The Morgan fingerprint density at radius 1 is 1.08 bits per heavy atom. The standard InChI is InChI=1S/C19H21N5O/c1-19(2,3)24-18-15(16(20)22-11-23-18)17(21)25-14-10-6-8-12-7-4-5-9-13(12)14/h4-11,21H,1-3H3,(H3,20,22,23,24). The summed E-state index contributed by atoms with van der Waals surface area (Å²) < 4.78 is 5.83. The Morgan fingerprint density at radius 3 is 2.56 bits per heavy atom. The first-order chi connectivity index (χ1) is 11.8. The van der Waals surface area contributed by atoms with E-state index in [0.717, 1.165) is 10.8 Å². The first-order valence-electron chi connectivity index (χ1n) is 7.98. The summed E-state index contributed by atoms with van der Waals surface area (Å²) in [6, 6.07) is 13.6. The Bertz CT molecular complexity index is 925. The van der Waals surface area contributed by atoms with Gasteiger partial charge >= 0.3 is 0 Å². The van der Waals surface area contributed by atoms with Crippen LogP contribution in [0.5, 0.6) is 5.75 Å². The number of anilines is 2. The maximum Gasteiger partial charge on any atom is 0.226 e. The normalized spacial score (nSPS) is 11.3. The number of aromatic nitrogens is 2. The average molecular weight is 335 g/mol. The maximum absolute atomic E-state index is 8.41. The van der Waals surface area contributed by atoms with Gasteiger partial charge in [0.25, 0.3) is 0 Å². The van der Waals surface area contributed by atoms with E-state index in [1.54, 1.807) is 0 Å². The van der Waals surface area contributed by atoms with Crippen LogP contribution >= 0.6 is 0 Å². The van der Waals surface area contributed by atoms with Crippen LogP contribution in [0.15, 0.2) is 48.8 Å². The summed E-state index contributed by atoms with van der Waals surface area (Å²) in [4.78, 5) is 8.23. The van der Waals surface area contributed by atoms with Crippen LogP contribution in [0.4, 0.5) is 11.6 Å². The van der Waals surface area contributed by atoms with Gasteiger partial charge in [-0.15, -0.1) is 0 Å². The number of nitrogens with one attached hydrogen (secondary N) is 2. The predicted molar refractivity (Wildman–Crippen MR) is 101 cm³/mol. The van der Waals surface area contributed by atoms with Crippen molar-refractivity contribution in [2.45, 2.75) is 26.3 Å². The molecule has 2 aromatic carbocycles. The Labute approximate surface area is 146 Å². The lowest BCUT2D eigenvalue weighted by Crippen LogP contribution is -2.29. The van der Waals surface area contributed by atoms with Crippen LogP contribution in [-0.2, 0) is 0 Å². The number of rotatable bonds is 3. The highest BCUT2D eigenvalue weighted by atomic mass is 16.5. The van der Waals surface area contributed by atoms with Crippen LogP contribution in [0.3, 0.4) is 0 Å². The second-order valence-electron chi connectivity index (χ2n) is 6.77. The largest absolute Gasteiger partial charge is 0.438 e. The van der Waals surface area contributed by atoms with Gasteiger partial charge in [-0.25, -0.2) is 9.97 Å². The van der Waals surface area contributed by atoms with Crippen molar-refractivity contribution in [1.82, 2.24) is 9.97 Å². The van der Waals surface area contributed by atoms with Crippen LogP contribution in [0.1, 0.15) is 26.3 Å². The second-order valence-corrected chi connectivity index (χ2v) is 6.77. The van der Waals surface area contributed by atoms with Crippen molar-refractivity contribution >= 4 is 28.3 Å². The smallest absolute Gasteiger partial charge is 0.226 e. The fraction of sp³-hybridized carbons (Fsp3) is 0.211. The first kappa shape index (κ1) is 16.7. The quantitative estimate of drug-likeness (QED) is 0.499. The lowest BCUT2D eigenvalue weighted by atomic mass is 10.1. The van der Waals surface area contributed by atoms with Gasteiger partial charge in [-0.1, -0.05) is 36.4 Å². The maximum atomic E-state index is 8.41. The van der Waals surface area contributed by atoms with Gasteiger partial charge in [0.1, 0.15) is 29.3 Å². The van der Waals surface area contributed by atoms with E-state index in [1.807, 2.05) is 63.2 Å². The molecule has 3 rings (SSSR count). The molecule has 0 bridgehead atoms. The molecule has 0 atom stereocenters. The molecule has 0 amide bonds. The van der Waals surface area contributed by atoms with E-state index in [1.165, 1.54) is 6.33 Å². The van der Waals surface area contributed by atoms with E-state index >= 15 is 0 Å². The third kappa shape index (κ3) is 3.68. The predicted octanol–water partition coefficient (Wildman–Crippen LogP) is 3.83. The molecule has 0 aliphatic carbocycles. The van der Waals surface area contributed by atoms with Gasteiger partial charge in [0, 0.05) is 10.9 Å². The zero-order chi connectivity index (χ0) is 18.0. The van der Waals surface area contributed by atoms with Crippen molar-refractivity contribution < 1.29 is 4.74 Å². The molecule has 25 heavy (non-hydrogen) atoms. The molecule has 0 unspecified atom stereocenters. The van der Waals surface area contributed by atoms with Gasteiger partial charge in [0.2, 0.25) is 5.90 Å². The van der Waals surface area contributed by atoms with Crippen molar-refractivity contribution in [3.8, 4) is 5.75 Å². The summed E-state index contributed by atoms with van der Waals surface area (Å²) in [6.45, 7) is 6.01. The highest BCUT2D eigenvalue weighted by Gasteiger charge is 2.21. The Balaban J connectivity index is 1.99. The summed E-state index contributed by atoms with van der Waals surface area (Å²) in [7, 11) is 0. The molecular formula is C19H21N5O. The monoisotopic (exact) mass is 335 g/mol. The van der Waals surface area contributed by atoms with E-state index in [0.29, 0.717) is 17.1 Å². The van der Waals surface area contributed by atoms with Crippen molar-refractivity contribution in [3.63, 3.8) is 0 Å². The number of hydrogen-bond donors (Lipinski definition) is 3. The molecule has 0 spiro atoms. The second kappa shape index (κ2) is 6.39. The number of hydrogen-bond acceptors (Lipinski definition) is 6. The molecule has 0 saturated carbocycles. The molecule has 0 fully saturated rings. The van der Waals surface area contributed by atoms with Crippen LogP contribution in [0.25, 0.3) is 10.8 Å². The van der Waals surface area contributed by atoms with Crippen molar-refractivity contribution in [2.24, 2.45) is 0 Å². The molecule has 0 saturated heterocycles. The van der Waals surface area contributed by atoms with E-state index in [2.05, 4.69) is 15.3 Å². The number of ether oxygens (including phenoxy) is 1. The van der Waals surface area contributed by atoms with Gasteiger partial charge in [-0.3, -0.25) is 5.41 Å². The third-order valence-corrected chi connectivity index (χ3v) is 3.56.